The molecule has 3 aromatic rings. The predicted molar refractivity (Wildman–Crippen MR) is 155 cm³/mol. The van der Waals surface area contributed by atoms with Gasteiger partial charge in [-0.3, -0.25) is 4.79 Å². The Hall–Kier alpha value is -4.98. The van der Waals surface area contributed by atoms with Crippen LogP contribution in [-0.4, -0.2) is 51.7 Å². The van der Waals surface area contributed by atoms with Crippen molar-refractivity contribution in [2.24, 2.45) is 0 Å². The molecule has 1 aromatic heterocycles. The van der Waals surface area contributed by atoms with Crippen molar-refractivity contribution in [1.82, 2.24) is 14.3 Å². The summed E-state index contributed by atoms with van der Waals surface area (Å²) in [6, 6.07) is 10.8. The quantitative estimate of drug-likeness (QED) is 0.324. The van der Waals surface area contributed by atoms with Gasteiger partial charge >= 0.3 is 18.4 Å². The second kappa shape index (κ2) is 11.5. The fourth-order valence-corrected chi connectivity index (χ4v) is 4.54. The number of quaternary nitrogens is 1. The third-order valence-electron chi connectivity index (χ3n) is 6.43. The van der Waals surface area contributed by atoms with Crippen molar-refractivity contribution in [2.45, 2.75) is 58.9 Å². The van der Waals surface area contributed by atoms with Crippen LogP contribution in [0.4, 0.5) is 39.1 Å². The summed E-state index contributed by atoms with van der Waals surface area (Å²) in [5.41, 5.74) is -3.03. The van der Waals surface area contributed by atoms with E-state index in [9.17, 15) is 37.5 Å². The average molecular weight is 629 g/mol. The summed E-state index contributed by atoms with van der Waals surface area (Å²) in [6.45, 7) is 9.01. The highest BCUT2D eigenvalue weighted by atomic mass is 19.4. The van der Waals surface area contributed by atoms with Crippen LogP contribution in [0.5, 0.6) is 0 Å². The van der Waals surface area contributed by atoms with Gasteiger partial charge in [-0.15, -0.1) is 4.48 Å². The third kappa shape index (κ3) is 6.75. The lowest BCUT2D eigenvalue weighted by atomic mass is 10.1. The number of carbonyl (C=O) groups is 4. The Kier molecular flexibility index (Phi) is 8.42. The Morgan fingerprint density at radius 3 is 2.16 bits per heavy atom. The molecule has 1 unspecified atom stereocenters. The van der Waals surface area contributed by atoms with Crippen molar-refractivity contribution < 1.29 is 46.9 Å². The zero-order chi connectivity index (χ0) is 33.5. The Bertz CT molecular complexity index is 1700. The first-order valence-electron chi connectivity index (χ1n) is 13.7. The SMILES string of the molecule is CC(C)(C)OC(=O)N(C(=O)c1cccc(C(F)(F)F)c1)c1cccc(C2=CC[N+](C(=O)[O-])(C(=O)OC(C)(C)C)c3ccnn32)c1. The molecule has 2 heterocycles. The lowest BCUT2D eigenvalue weighted by molar-refractivity contribution is -0.261. The maximum absolute atomic E-state index is 13.6. The number of nitrogens with zero attached hydrogens (tertiary/aromatic N) is 4. The Morgan fingerprint density at radius 2 is 1.56 bits per heavy atom. The van der Waals surface area contributed by atoms with Crippen molar-refractivity contribution in [3.63, 3.8) is 0 Å². The summed E-state index contributed by atoms with van der Waals surface area (Å²) < 4.78 is 50.9. The molecule has 1 atom stereocenters. The number of rotatable bonds is 3. The molecule has 0 fully saturated rings. The van der Waals surface area contributed by atoms with Crippen molar-refractivity contribution in [3.05, 3.63) is 83.6 Å². The van der Waals surface area contributed by atoms with Crippen LogP contribution in [0, 0.1) is 0 Å². The first kappa shape index (κ1) is 32.9. The van der Waals surface area contributed by atoms with E-state index in [-0.39, 0.29) is 17.2 Å². The molecule has 0 saturated carbocycles. The number of benzene rings is 2. The number of anilines is 1. The van der Waals surface area contributed by atoms with Gasteiger partial charge in [0.05, 0.1) is 23.1 Å². The topological polar surface area (TPSA) is 131 Å². The van der Waals surface area contributed by atoms with Crippen molar-refractivity contribution in [2.75, 3.05) is 11.4 Å². The lowest BCUT2D eigenvalue weighted by Crippen LogP contribution is -2.66. The Labute approximate surface area is 256 Å². The Balaban J connectivity index is 1.81. The molecular weight excluding hydrogens is 597 g/mol. The minimum absolute atomic E-state index is 0.0582. The van der Waals surface area contributed by atoms with E-state index in [4.69, 9.17) is 9.47 Å². The van der Waals surface area contributed by atoms with Gasteiger partial charge < -0.3 is 19.4 Å². The molecule has 14 heteroatoms. The molecule has 2 aromatic carbocycles. The van der Waals surface area contributed by atoms with Crippen LogP contribution in [0.25, 0.3) is 5.70 Å². The van der Waals surface area contributed by atoms with Gasteiger partial charge in [0.1, 0.15) is 17.7 Å². The molecule has 1 aliphatic heterocycles. The molecule has 4 amide bonds. The summed E-state index contributed by atoms with van der Waals surface area (Å²) in [5.74, 6) is -1.18. The smallest absolute Gasteiger partial charge is 0.497 e. The summed E-state index contributed by atoms with van der Waals surface area (Å²) >= 11 is 0. The van der Waals surface area contributed by atoms with E-state index in [1.54, 1.807) is 47.6 Å². The number of imide groups is 2. The summed E-state index contributed by atoms with van der Waals surface area (Å²) in [6.07, 6.45) is -6.04. The Morgan fingerprint density at radius 1 is 0.911 bits per heavy atom. The van der Waals surface area contributed by atoms with Gasteiger partial charge in [0.15, 0.2) is 0 Å². The first-order chi connectivity index (χ1) is 20.7. The maximum atomic E-state index is 13.6. The minimum Gasteiger partial charge on any atom is -0.497 e. The van der Waals surface area contributed by atoms with Crippen LogP contribution < -0.4 is 14.5 Å². The van der Waals surface area contributed by atoms with E-state index in [0.29, 0.717) is 16.5 Å². The van der Waals surface area contributed by atoms with Gasteiger partial charge in [-0.05, 0) is 78.0 Å². The molecule has 0 aliphatic carbocycles. The number of hydrogen-bond donors (Lipinski definition) is 0. The first-order valence-corrected chi connectivity index (χ1v) is 13.7. The average Bonchev–Trinajstić information content (AvgIpc) is 3.41. The number of fused-ring (bicyclic) bond motifs is 1. The second-order valence-corrected chi connectivity index (χ2v) is 12.2. The maximum Gasteiger partial charge on any atom is 0.529 e. The van der Waals surface area contributed by atoms with E-state index in [2.05, 4.69) is 5.10 Å². The van der Waals surface area contributed by atoms with Gasteiger partial charge in [0, 0.05) is 17.2 Å². The highest BCUT2D eigenvalue weighted by molar-refractivity contribution is 6.19. The van der Waals surface area contributed by atoms with Gasteiger partial charge in [0.25, 0.3) is 12.0 Å². The van der Waals surface area contributed by atoms with Gasteiger partial charge in [-0.1, -0.05) is 18.2 Å². The van der Waals surface area contributed by atoms with Crippen molar-refractivity contribution in [3.8, 4) is 0 Å². The molecule has 0 bridgehead atoms. The molecule has 0 radical (unpaired) electrons. The van der Waals surface area contributed by atoms with Gasteiger partial charge in [-0.25, -0.2) is 9.69 Å². The highest BCUT2D eigenvalue weighted by Crippen LogP contribution is 2.36. The largest absolute Gasteiger partial charge is 0.529 e. The van der Waals surface area contributed by atoms with Gasteiger partial charge in [0.2, 0.25) is 5.82 Å². The summed E-state index contributed by atoms with van der Waals surface area (Å²) in [5, 5.41) is 16.7. The van der Waals surface area contributed by atoms with Gasteiger partial charge in [-0.2, -0.15) is 27.7 Å². The predicted octanol–water partition coefficient (Wildman–Crippen LogP) is 5.97. The number of halogens is 3. The molecule has 1 aliphatic rings. The molecule has 238 valence electrons. The van der Waals surface area contributed by atoms with Crippen molar-refractivity contribution in [1.29, 1.82) is 0 Å². The fourth-order valence-electron chi connectivity index (χ4n) is 4.54. The standard InChI is InChI=1S/C31H31F3N4O7/c1-29(2,3)44-26(40)36(25(39)20-10-7-11-21(17-20)31(32,33)34)22-12-8-9-19(18-22)23-14-16-38(27(41)42,24-13-15-35-37(23)24)28(43)45-30(4,5)6/h7-15,17-18H,16H2,1-6H3. The fraction of sp³-hybridized carbons (Fsp3) is 0.323. The molecule has 0 N–H and O–H groups in total. The number of ether oxygens (including phenoxy) is 2. The molecule has 11 nitrogen and oxygen atoms in total. The number of hydrogen-bond acceptors (Lipinski definition) is 8. The molecular formula is C31H31F3N4O7. The van der Waals surface area contributed by atoms with Crippen LogP contribution in [0.3, 0.4) is 0 Å². The number of carboxylic acid groups (broad SMARTS) is 1. The van der Waals surface area contributed by atoms with E-state index in [1.807, 2.05) is 0 Å². The van der Waals surface area contributed by atoms with Crippen LogP contribution >= 0.6 is 0 Å². The minimum atomic E-state index is -4.74. The van der Waals surface area contributed by atoms with E-state index < -0.39 is 63.7 Å². The van der Waals surface area contributed by atoms with E-state index >= 15 is 0 Å². The zero-order valence-corrected chi connectivity index (χ0v) is 25.3. The number of alkyl halides is 3. The molecule has 0 saturated heterocycles. The highest BCUT2D eigenvalue weighted by Gasteiger charge is 2.50. The second-order valence-electron chi connectivity index (χ2n) is 12.2. The monoisotopic (exact) mass is 628 g/mol. The van der Waals surface area contributed by atoms with Crippen LogP contribution in [0.1, 0.15) is 63.0 Å². The third-order valence-corrected chi connectivity index (χ3v) is 6.43. The zero-order valence-electron chi connectivity index (χ0n) is 25.3. The van der Waals surface area contributed by atoms with Crippen LogP contribution in [0.15, 0.2) is 66.9 Å². The number of amides is 4. The normalized spacial score (nSPS) is 16.7. The summed E-state index contributed by atoms with van der Waals surface area (Å²) in [4.78, 5) is 53.3. The van der Waals surface area contributed by atoms with Crippen LogP contribution in [-0.2, 0) is 15.7 Å². The van der Waals surface area contributed by atoms with E-state index in [1.165, 1.54) is 41.2 Å². The number of aromatic nitrogens is 2. The molecule has 45 heavy (non-hydrogen) atoms. The van der Waals surface area contributed by atoms with Crippen molar-refractivity contribution >= 4 is 41.4 Å². The molecule has 4 rings (SSSR count). The molecule has 0 spiro atoms. The summed E-state index contributed by atoms with van der Waals surface area (Å²) in [7, 11) is 0. The van der Waals surface area contributed by atoms with E-state index in [0.717, 1.165) is 18.2 Å². The van der Waals surface area contributed by atoms with Crippen LogP contribution in [0.2, 0.25) is 0 Å². The lowest BCUT2D eigenvalue weighted by Gasteiger charge is -2.36. The number of carbonyl (C=O) groups excluding carboxylic acids is 4.